The van der Waals surface area contributed by atoms with Crippen LogP contribution in [0.1, 0.15) is 22.1 Å². The predicted octanol–water partition coefficient (Wildman–Crippen LogP) is 4.61. The molecular weight excluding hydrogens is 270 g/mol. The summed E-state index contributed by atoms with van der Waals surface area (Å²) in [5.41, 5.74) is 2.08. The van der Waals surface area contributed by atoms with Crippen molar-refractivity contribution in [1.82, 2.24) is 0 Å². The first kappa shape index (κ1) is 13.8. The second-order valence-electron chi connectivity index (χ2n) is 4.29. The van der Waals surface area contributed by atoms with E-state index in [-0.39, 0.29) is 0 Å². The largest absolute Gasteiger partial charge is 0.496 e. The Labute approximate surface area is 115 Å². The lowest BCUT2D eigenvalue weighted by atomic mass is 10.0. The number of hydrogen-bond acceptors (Lipinski definition) is 1. The van der Waals surface area contributed by atoms with Crippen LogP contribution in [-0.2, 0) is 0 Å². The molecule has 100 valence electrons. The van der Waals surface area contributed by atoms with Crippen LogP contribution in [0.2, 0.25) is 0 Å². The first-order valence-electron chi connectivity index (χ1n) is 5.76. The Morgan fingerprint density at radius 3 is 2.16 bits per heavy atom. The summed E-state index contributed by atoms with van der Waals surface area (Å²) in [4.78, 5) is 0. The molecular formula is C15H13ClF2O. The van der Waals surface area contributed by atoms with Crippen LogP contribution in [-0.4, -0.2) is 7.11 Å². The Morgan fingerprint density at radius 1 is 1.00 bits per heavy atom. The van der Waals surface area contributed by atoms with Gasteiger partial charge in [0.05, 0.1) is 12.5 Å². The lowest BCUT2D eigenvalue weighted by Crippen LogP contribution is -1.97. The molecule has 0 radical (unpaired) electrons. The van der Waals surface area contributed by atoms with Crippen molar-refractivity contribution in [3.05, 3.63) is 64.7 Å². The van der Waals surface area contributed by atoms with Crippen molar-refractivity contribution < 1.29 is 13.5 Å². The fourth-order valence-electron chi connectivity index (χ4n) is 1.97. The van der Waals surface area contributed by atoms with Crippen LogP contribution in [0.15, 0.2) is 36.4 Å². The first-order chi connectivity index (χ1) is 9.01. The van der Waals surface area contributed by atoms with Crippen LogP contribution in [0.25, 0.3) is 0 Å². The van der Waals surface area contributed by atoms with Crippen LogP contribution in [0.5, 0.6) is 5.75 Å². The summed E-state index contributed by atoms with van der Waals surface area (Å²) in [5.74, 6) is -0.519. The zero-order valence-corrected chi connectivity index (χ0v) is 11.3. The zero-order valence-electron chi connectivity index (χ0n) is 10.6. The van der Waals surface area contributed by atoms with Crippen molar-refractivity contribution in [2.45, 2.75) is 12.3 Å². The molecule has 0 aromatic heterocycles. The monoisotopic (exact) mass is 282 g/mol. The minimum atomic E-state index is -0.633. The van der Waals surface area contributed by atoms with Gasteiger partial charge in [-0.3, -0.25) is 0 Å². The normalized spacial score (nSPS) is 12.3. The van der Waals surface area contributed by atoms with Crippen molar-refractivity contribution in [2.75, 3.05) is 7.11 Å². The molecule has 1 unspecified atom stereocenters. The Bertz CT molecular complexity index is 578. The predicted molar refractivity (Wildman–Crippen MR) is 71.8 cm³/mol. The van der Waals surface area contributed by atoms with Gasteiger partial charge in [0.1, 0.15) is 17.4 Å². The summed E-state index contributed by atoms with van der Waals surface area (Å²) in [6.07, 6.45) is 0. The van der Waals surface area contributed by atoms with Gasteiger partial charge in [0.15, 0.2) is 0 Å². The highest BCUT2D eigenvalue weighted by Crippen LogP contribution is 2.32. The van der Waals surface area contributed by atoms with E-state index in [9.17, 15) is 8.78 Å². The second kappa shape index (κ2) is 5.57. The molecule has 1 atom stereocenters. The first-order valence-corrected chi connectivity index (χ1v) is 6.19. The lowest BCUT2D eigenvalue weighted by molar-refractivity contribution is 0.411. The van der Waals surface area contributed by atoms with Gasteiger partial charge in [-0.15, -0.1) is 11.6 Å². The molecule has 1 nitrogen and oxygen atoms in total. The molecule has 0 aliphatic carbocycles. The molecule has 0 saturated heterocycles. The molecule has 0 bridgehead atoms. The molecule has 0 fully saturated rings. The Balaban J connectivity index is 2.38. The van der Waals surface area contributed by atoms with Crippen molar-refractivity contribution in [2.24, 2.45) is 0 Å². The zero-order chi connectivity index (χ0) is 14.0. The molecule has 0 aliphatic rings. The topological polar surface area (TPSA) is 9.23 Å². The van der Waals surface area contributed by atoms with Crippen LogP contribution in [0.4, 0.5) is 8.78 Å². The number of methoxy groups -OCH3 is 1. The van der Waals surface area contributed by atoms with Crippen molar-refractivity contribution in [1.29, 1.82) is 0 Å². The van der Waals surface area contributed by atoms with E-state index in [4.69, 9.17) is 16.3 Å². The maximum absolute atomic E-state index is 13.2. The Hall–Kier alpha value is -1.61. The molecule has 19 heavy (non-hydrogen) atoms. The number of aryl methyl sites for hydroxylation is 1. The molecule has 2 rings (SSSR count). The van der Waals surface area contributed by atoms with Gasteiger partial charge < -0.3 is 4.74 Å². The van der Waals surface area contributed by atoms with Gasteiger partial charge in [-0.2, -0.15) is 0 Å². The Morgan fingerprint density at radius 2 is 1.63 bits per heavy atom. The minimum Gasteiger partial charge on any atom is -0.496 e. The van der Waals surface area contributed by atoms with E-state index < -0.39 is 17.0 Å². The van der Waals surface area contributed by atoms with Gasteiger partial charge in [0.2, 0.25) is 0 Å². The van der Waals surface area contributed by atoms with E-state index in [1.165, 1.54) is 12.1 Å². The van der Waals surface area contributed by atoms with Gasteiger partial charge in [-0.25, -0.2) is 8.78 Å². The quantitative estimate of drug-likeness (QED) is 0.747. The van der Waals surface area contributed by atoms with Crippen molar-refractivity contribution >= 4 is 11.6 Å². The smallest absolute Gasteiger partial charge is 0.126 e. The number of benzene rings is 2. The van der Waals surface area contributed by atoms with E-state index in [0.29, 0.717) is 5.56 Å². The third kappa shape index (κ3) is 3.04. The summed E-state index contributed by atoms with van der Waals surface area (Å²) in [5, 5.41) is -0.602. The van der Waals surface area contributed by atoms with E-state index in [1.807, 2.05) is 13.0 Å². The van der Waals surface area contributed by atoms with Gasteiger partial charge in [-0.05, 0) is 41.8 Å². The third-order valence-electron chi connectivity index (χ3n) is 2.89. The van der Waals surface area contributed by atoms with E-state index in [0.717, 1.165) is 22.9 Å². The molecule has 0 heterocycles. The Kier molecular flexibility index (Phi) is 4.05. The molecule has 0 amide bonds. The average Bonchev–Trinajstić information content (AvgIpc) is 2.36. The highest BCUT2D eigenvalue weighted by molar-refractivity contribution is 6.22. The van der Waals surface area contributed by atoms with Gasteiger partial charge >= 0.3 is 0 Å². The van der Waals surface area contributed by atoms with Crippen molar-refractivity contribution in [3.63, 3.8) is 0 Å². The van der Waals surface area contributed by atoms with Gasteiger partial charge in [0.25, 0.3) is 0 Å². The van der Waals surface area contributed by atoms with Crippen LogP contribution in [0, 0.1) is 18.6 Å². The van der Waals surface area contributed by atoms with Crippen molar-refractivity contribution in [3.8, 4) is 5.75 Å². The van der Waals surface area contributed by atoms with Crippen LogP contribution < -0.4 is 4.74 Å². The fourth-order valence-corrected chi connectivity index (χ4v) is 2.23. The number of ether oxygens (including phenoxy) is 1. The fraction of sp³-hybridized carbons (Fsp3) is 0.200. The summed E-state index contributed by atoms with van der Waals surface area (Å²) in [6.45, 7) is 1.89. The highest BCUT2D eigenvalue weighted by Gasteiger charge is 2.14. The standard InChI is InChI=1S/C15H13ClF2O/c1-9-5-10(3-4-14(9)19-2)15(16)11-6-12(17)8-13(18)7-11/h3-8,15H,1-2H3. The maximum Gasteiger partial charge on any atom is 0.126 e. The molecule has 0 N–H and O–H groups in total. The molecule has 0 saturated carbocycles. The maximum atomic E-state index is 13.2. The third-order valence-corrected chi connectivity index (χ3v) is 3.39. The van der Waals surface area contributed by atoms with Gasteiger partial charge in [-0.1, -0.05) is 12.1 Å². The second-order valence-corrected chi connectivity index (χ2v) is 4.73. The number of halogens is 3. The SMILES string of the molecule is COc1ccc(C(Cl)c2cc(F)cc(F)c2)cc1C. The molecule has 0 aliphatic heterocycles. The number of alkyl halides is 1. The lowest BCUT2D eigenvalue weighted by Gasteiger charge is -2.13. The molecule has 0 spiro atoms. The van der Waals surface area contributed by atoms with Gasteiger partial charge in [0, 0.05) is 6.07 Å². The number of hydrogen-bond donors (Lipinski definition) is 0. The molecule has 4 heteroatoms. The van der Waals surface area contributed by atoms with E-state index in [2.05, 4.69) is 0 Å². The average molecular weight is 283 g/mol. The number of rotatable bonds is 3. The highest BCUT2D eigenvalue weighted by atomic mass is 35.5. The summed E-state index contributed by atoms with van der Waals surface area (Å²) < 4.78 is 31.5. The minimum absolute atomic E-state index is 0.392. The molecule has 2 aromatic rings. The summed E-state index contributed by atoms with van der Waals surface area (Å²) >= 11 is 6.27. The molecule has 2 aromatic carbocycles. The van der Waals surface area contributed by atoms with E-state index >= 15 is 0 Å². The van der Waals surface area contributed by atoms with Crippen LogP contribution >= 0.6 is 11.6 Å². The van der Waals surface area contributed by atoms with E-state index in [1.54, 1.807) is 19.2 Å². The van der Waals surface area contributed by atoms with Crippen LogP contribution in [0.3, 0.4) is 0 Å². The summed E-state index contributed by atoms with van der Waals surface area (Å²) in [7, 11) is 1.59. The summed E-state index contributed by atoms with van der Waals surface area (Å²) in [6, 6.07) is 8.72.